The average molecular weight is 498 g/mol. The lowest BCUT2D eigenvalue weighted by molar-refractivity contribution is -0.119. The summed E-state index contributed by atoms with van der Waals surface area (Å²) in [5.74, 6) is -0.294. The summed E-state index contributed by atoms with van der Waals surface area (Å²) in [7, 11) is 0. The monoisotopic (exact) mass is 497 g/mol. The molecule has 1 atom stereocenters. The van der Waals surface area contributed by atoms with Crippen molar-refractivity contribution in [1.29, 1.82) is 0 Å². The normalized spacial score (nSPS) is 16.5. The van der Waals surface area contributed by atoms with Crippen LogP contribution in [-0.4, -0.2) is 66.5 Å². The first-order valence-electron chi connectivity index (χ1n) is 10.2. The van der Waals surface area contributed by atoms with Crippen LogP contribution in [0.2, 0.25) is 10.0 Å². The third-order valence-electron chi connectivity index (χ3n) is 4.73. The number of aromatic nitrogens is 1. The number of halogens is 2. The zero-order valence-electron chi connectivity index (χ0n) is 17.7. The number of morpholine rings is 1. The van der Waals surface area contributed by atoms with Crippen LogP contribution in [0, 0.1) is 0 Å². The SMILES string of the molecule is CCOC(=O)c1ccc(SCC(=O)NCC2CN(Cc3ccc(Cl)c(Cl)c3)CCO2)cn1. The van der Waals surface area contributed by atoms with Gasteiger partial charge in [0, 0.05) is 37.3 Å². The number of benzene rings is 1. The molecule has 1 unspecified atom stereocenters. The maximum Gasteiger partial charge on any atom is 0.356 e. The van der Waals surface area contributed by atoms with Crippen molar-refractivity contribution >= 4 is 46.8 Å². The van der Waals surface area contributed by atoms with E-state index in [2.05, 4.69) is 15.2 Å². The lowest BCUT2D eigenvalue weighted by atomic mass is 10.2. The first-order chi connectivity index (χ1) is 15.4. The topological polar surface area (TPSA) is 80.8 Å². The summed E-state index contributed by atoms with van der Waals surface area (Å²) < 4.78 is 10.7. The predicted molar refractivity (Wildman–Crippen MR) is 125 cm³/mol. The Balaban J connectivity index is 1.39. The largest absolute Gasteiger partial charge is 0.461 e. The Morgan fingerprint density at radius 1 is 1.28 bits per heavy atom. The fourth-order valence-electron chi connectivity index (χ4n) is 3.16. The van der Waals surface area contributed by atoms with Gasteiger partial charge in [0.05, 0.1) is 35.1 Å². The van der Waals surface area contributed by atoms with Gasteiger partial charge in [-0.1, -0.05) is 29.3 Å². The molecular formula is C22H25Cl2N3O4S. The second kappa shape index (κ2) is 12.4. The summed E-state index contributed by atoms with van der Waals surface area (Å²) in [6.07, 6.45) is 1.49. The van der Waals surface area contributed by atoms with Gasteiger partial charge in [0.1, 0.15) is 5.69 Å². The van der Waals surface area contributed by atoms with Crippen LogP contribution < -0.4 is 5.32 Å². The Bertz CT molecular complexity index is 930. The minimum Gasteiger partial charge on any atom is -0.461 e. The van der Waals surface area contributed by atoms with Crippen LogP contribution in [0.15, 0.2) is 41.4 Å². The van der Waals surface area contributed by atoms with Gasteiger partial charge in [0.2, 0.25) is 5.91 Å². The van der Waals surface area contributed by atoms with Crippen molar-refractivity contribution in [2.75, 3.05) is 38.6 Å². The molecule has 1 aliphatic heterocycles. The van der Waals surface area contributed by atoms with Crippen LogP contribution in [0.25, 0.3) is 0 Å². The quantitative estimate of drug-likeness (QED) is 0.418. The molecule has 1 N–H and O–H groups in total. The molecule has 172 valence electrons. The van der Waals surface area contributed by atoms with E-state index in [9.17, 15) is 9.59 Å². The summed E-state index contributed by atoms with van der Waals surface area (Å²) in [5.41, 5.74) is 1.34. The van der Waals surface area contributed by atoms with Crippen LogP contribution >= 0.6 is 35.0 Å². The maximum atomic E-state index is 12.2. The summed E-state index contributed by atoms with van der Waals surface area (Å²) in [6, 6.07) is 8.99. The number of amides is 1. The molecule has 0 bridgehead atoms. The van der Waals surface area contributed by atoms with Crippen molar-refractivity contribution in [1.82, 2.24) is 15.2 Å². The third kappa shape index (κ3) is 7.64. The summed E-state index contributed by atoms with van der Waals surface area (Å²) in [6.45, 7) is 5.37. The number of nitrogens with one attached hydrogen (secondary N) is 1. The molecular weight excluding hydrogens is 473 g/mol. The lowest BCUT2D eigenvalue weighted by Gasteiger charge is -2.33. The number of ether oxygens (including phenoxy) is 2. The van der Waals surface area contributed by atoms with Crippen LogP contribution in [0.5, 0.6) is 0 Å². The number of rotatable bonds is 9. The van der Waals surface area contributed by atoms with E-state index < -0.39 is 5.97 Å². The molecule has 1 aliphatic rings. The molecule has 0 spiro atoms. The molecule has 32 heavy (non-hydrogen) atoms. The van der Waals surface area contributed by atoms with E-state index in [1.54, 1.807) is 31.3 Å². The van der Waals surface area contributed by atoms with Crippen LogP contribution in [0.3, 0.4) is 0 Å². The van der Waals surface area contributed by atoms with Gasteiger partial charge in [-0.3, -0.25) is 9.69 Å². The first-order valence-corrected chi connectivity index (χ1v) is 12.0. The van der Waals surface area contributed by atoms with Crippen LogP contribution in [0.4, 0.5) is 0 Å². The number of hydrogen-bond acceptors (Lipinski definition) is 7. The highest BCUT2D eigenvalue weighted by Crippen LogP contribution is 2.23. The molecule has 2 aromatic rings. The number of hydrogen-bond donors (Lipinski definition) is 1. The molecule has 0 saturated carbocycles. The van der Waals surface area contributed by atoms with Crippen molar-refractivity contribution in [2.24, 2.45) is 0 Å². The van der Waals surface area contributed by atoms with Gasteiger partial charge < -0.3 is 14.8 Å². The molecule has 0 radical (unpaired) electrons. The van der Waals surface area contributed by atoms with Gasteiger partial charge in [0.25, 0.3) is 0 Å². The van der Waals surface area contributed by atoms with E-state index in [0.29, 0.717) is 36.3 Å². The van der Waals surface area contributed by atoms with Crippen molar-refractivity contribution in [3.63, 3.8) is 0 Å². The molecule has 1 saturated heterocycles. The van der Waals surface area contributed by atoms with Crippen LogP contribution in [0.1, 0.15) is 23.0 Å². The van der Waals surface area contributed by atoms with Gasteiger partial charge >= 0.3 is 5.97 Å². The number of carbonyl (C=O) groups excluding carboxylic acids is 2. The number of pyridine rings is 1. The minimum absolute atomic E-state index is 0.0778. The van der Waals surface area contributed by atoms with E-state index >= 15 is 0 Å². The van der Waals surface area contributed by atoms with Crippen molar-refractivity contribution in [3.8, 4) is 0 Å². The minimum atomic E-state index is -0.456. The molecule has 0 aliphatic carbocycles. The predicted octanol–water partition coefficient (Wildman–Crippen LogP) is 3.67. The summed E-state index contributed by atoms with van der Waals surface area (Å²) >= 11 is 13.4. The van der Waals surface area contributed by atoms with Gasteiger partial charge in [-0.2, -0.15) is 0 Å². The summed E-state index contributed by atoms with van der Waals surface area (Å²) in [4.78, 5) is 31.0. The maximum absolute atomic E-state index is 12.2. The molecule has 3 rings (SSSR count). The Kier molecular flexibility index (Phi) is 9.62. The highest BCUT2D eigenvalue weighted by molar-refractivity contribution is 8.00. The third-order valence-corrected chi connectivity index (χ3v) is 6.45. The molecule has 1 aromatic carbocycles. The van der Waals surface area contributed by atoms with E-state index in [0.717, 1.165) is 23.5 Å². The average Bonchev–Trinajstić information content (AvgIpc) is 2.79. The number of nitrogens with zero attached hydrogens (tertiary/aromatic N) is 2. The highest BCUT2D eigenvalue weighted by Gasteiger charge is 2.21. The van der Waals surface area contributed by atoms with Crippen molar-refractivity contribution in [2.45, 2.75) is 24.5 Å². The Morgan fingerprint density at radius 2 is 2.12 bits per heavy atom. The molecule has 10 heteroatoms. The highest BCUT2D eigenvalue weighted by atomic mass is 35.5. The first kappa shape index (κ1) is 24.8. The van der Waals surface area contributed by atoms with Gasteiger partial charge in [0.15, 0.2) is 0 Å². The Hall–Kier alpha value is -1.84. The molecule has 1 aromatic heterocycles. The number of thioether (sulfide) groups is 1. The van der Waals surface area contributed by atoms with Crippen molar-refractivity contribution < 1.29 is 19.1 Å². The van der Waals surface area contributed by atoms with E-state index in [4.69, 9.17) is 32.7 Å². The van der Waals surface area contributed by atoms with Crippen LogP contribution in [-0.2, 0) is 20.8 Å². The second-order valence-corrected chi connectivity index (χ2v) is 9.03. The van der Waals surface area contributed by atoms with E-state index in [-0.39, 0.29) is 23.5 Å². The van der Waals surface area contributed by atoms with E-state index in [1.165, 1.54) is 11.8 Å². The van der Waals surface area contributed by atoms with Gasteiger partial charge in [-0.15, -0.1) is 11.8 Å². The number of carbonyl (C=O) groups is 2. The lowest BCUT2D eigenvalue weighted by Crippen LogP contribution is -2.47. The zero-order valence-corrected chi connectivity index (χ0v) is 20.0. The summed E-state index contributed by atoms with van der Waals surface area (Å²) in [5, 5.41) is 4.01. The molecule has 7 nitrogen and oxygen atoms in total. The molecule has 1 amide bonds. The van der Waals surface area contributed by atoms with E-state index in [1.807, 2.05) is 12.1 Å². The Labute approximate surface area is 201 Å². The fraction of sp³-hybridized carbons (Fsp3) is 0.409. The zero-order chi connectivity index (χ0) is 22.9. The standard InChI is InChI=1S/C22H25Cl2N3O4S/c1-2-30-22(29)20-6-4-17(11-25-20)32-14-21(28)26-10-16-13-27(7-8-31-16)12-15-3-5-18(23)19(24)9-15/h3-6,9,11,16H,2,7-8,10,12-14H2,1H3,(H,26,28). The second-order valence-electron chi connectivity index (χ2n) is 7.17. The van der Waals surface area contributed by atoms with Crippen molar-refractivity contribution in [3.05, 3.63) is 57.8 Å². The van der Waals surface area contributed by atoms with Gasteiger partial charge in [-0.25, -0.2) is 9.78 Å². The van der Waals surface area contributed by atoms with Gasteiger partial charge in [-0.05, 0) is 36.8 Å². The number of esters is 1. The Morgan fingerprint density at radius 3 is 2.84 bits per heavy atom. The smallest absolute Gasteiger partial charge is 0.356 e. The molecule has 1 fully saturated rings. The molecule has 2 heterocycles. The fourth-order valence-corrected chi connectivity index (χ4v) is 4.17.